The van der Waals surface area contributed by atoms with E-state index in [1.807, 2.05) is 18.5 Å². The number of anilines is 1. The minimum atomic E-state index is -0.273. The van der Waals surface area contributed by atoms with Gasteiger partial charge in [0.25, 0.3) is 0 Å². The highest BCUT2D eigenvalue weighted by molar-refractivity contribution is 7.15. The Labute approximate surface area is 152 Å². The summed E-state index contributed by atoms with van der Waals surface area (Å²) in [6.07, 6.45) is 1.45. The Morgan fingerprint density at radius 1 is 1.24 bits per heavy atom. The van der Waals surface area contributed by atoms with Gasteiger partial charge in [-0.1, -0.05) is 11.3 Å². The van der Waals surface area contributed by atoms with Crippen molar-refractivity contribution in [3.8, 4) is 0 Å². The van der Waals surface area contributed by atoms with Crippen molar-refractivity contribution in [2.75, 3.05) is 25.1 Å². The summed E-state index contributed by atoms with van der Waals surface area (Å²) < 4.78 is 7.27. The van der Waals surface area contributed by atoms with E-state index in [2.05, 4.69) is 39.8 Å². The molecular weight excluding hydrogens is 340 g/mol. The molecule has 0 radical (unpaired) electrons. The Balaban J connectivity index is 1.77. The molecule has 2 rings (SSSR count). The van der Waals surface area contributed by atoms with Crippen molar-refractivity contribution in [1.82, 2.24) is 25.3 Å². The van der Waals surface area contributed by atoms with Gasteiger partial charge in [-0.15, -0.1) is 10.2 Å². The molecule has 0 aliphatic heterocycles. The second-order valence-corrected chi connectivity index (χ2v) is 6.61. The van der Waals surface area contributed by atoms with Crippen molar-refractivity contribution < 1.29 is 9.53 Å². The zero-order chi connectivity index (χ0) is 18.2. The van der Waals surface area contributed by atoms with Gasteiger partial charge in [-0.2, -0.15) is 5.10 Å². The Morgan fingerprint density at radius 3 is 2.72 bits per heavy atom. The largest absolute Gasteiger partial charge is 0.381 e. The van der Waals surface area contributed by atoms with Gasteiger partial charge in [0.2, 0.25) is 5.13 Å². The second-order valence-electron chi connectivity index (χ2n) is 5.54. The number of rotatable bonds is 9. The Hall–Kier alpha value is -2.00. The molecule has 2 aromatic rings. The summed E-state index contributed by atoms with van der Waals surface area (Å²) in [5.41, 5.74) is 3.37. The third-order valence-electron chi connectivity index (χ3n) is 3.84. The summed E-state index contributed by atoms with van der Waals surface area (Å²) in [6, 6.07) is -0.273. The fourth-order valence-corrected chi connectivity index (χ4v) is 3.27. The van der Waals surface area contributed by atoms with Crippen LogP contribution in [0.1, 0.15) is 35.8 Å². The third kappa shape index (κ3) is 5.50. The van der Waals surface area contributed by atoms with Crippen LogP contribution < -0.4 is 10.6 Å². The topological polar surface area (TPSA) is 94.0 Å². The first-order valence-electron chi connectivity index (χ1n) is 8.53. The van der Waals surface area contributed by atoms with E-state index >= 15 is 0 Å². The van der Waals surface area contributed by atoms with Crippen molar-refractivity contribution in [2.45, 2.75) is 47.1 Å². The average Bonchev–Trinajstić information content (AvgIpc) is 3.13. The molecule has 0 fully saturated rings. The second kappa shape index (κ2) is 9.47. The lowest BCUT2D eigenvalue weighted by Crippen LogP contribution is -2.30. The summed E-state index contributed by atoms with van der Waals surface area (Å²) >= 11 is 1.37. The zero-order valence-corrected chi connectivity index (χ0v) is 16.1. The van der Waals surface area contributed by atoms with Crippen molar-refractivity contribution in [3.05, 3.63) is 22.0 Å². The van der Waals surface area contributed by atoms with Crippen LogP contribution in [0.25, 0.3) is 0 Å². The molecule has 138 valence electrons. The molecule has 2 amide bonds. The summed E-state index contributed by atoms with van der Waals surface area (Å²) in [5.74, 6) is 0. The number of ether oxygens (including phenoxy) is 1. The first-order chi connectivity index (χ1) is 12.0. The van der Waals surface area contributed by atoms with Crippen molar-refractivity contribution in [2.24, 2.45) is 0 Å². The van der Waals surface area contributed by atoms with Gasteiger partial charge < -0.3 is 10.1 Å². The molecule has 0 atom stereocenters. The Kier molecular flexibility index (Phi) is 7.32. The minimum Gasteiger partial charge on any atom is -0.381 e. The molecule has 0 saturated heterocycles. The first kappa shape index (κ1) is 19.3. The van der Waals surface area contributed by atoms with Crippen LogP contribution in [0.5, 0.6) is 0 Å². The van der Waals surface area contributed by atoms with E-state index in [0.29, 0.717) is 31.3 Å². The highest BCUT2D eigenvalue weighted by Crippen LogP contribution is 2.16. The van der Waals surface area contributed by atoms with E-state index < -0.39 is 0 Å². The third-order valence-corrected chi connectivity index (χ3v) is 4.74. The predicted molar refractivity (Wildman–Crippen MR) is 98.2 cm³/mol. The molecule has 25 heavy (non-hydrogen) atoms. The highest BCUT2D eigenvalue weighted by atomic mass is 32.1. The first-order valence-corrected chi connectivity index (χ1v) is 9.34. The quantitative estimate of drug-likeness (QED) is 0.664. The van der Waals surface area contributed by atoms with Crippen LogP contribution in [-0.4, -0.2) is 45.8 Å². The van der Waals surface area contributed by atoms with Gasteiger partial charge >= 0.3 is 6.03 Å². The maximum absolute atomic E-state index is 12.0. The number of aryl methyl sites for hydroxylation is 2. The lowest BCUT2D eigenvalue weighted by atomic mass is 10.1. The Bertz CT molecular complexity index is 697. The van der Waals surface area contributed by atoms with Gasteiger partial charge in [0.1, 0.15) is 5.01 Å². The van der Waals surface area contributed by atoms with Crippen molar-refractivity contribution in [3.63, 3.8) is 0 Å². The van der Waals surface area contributed by atoms with Crippen LogP contribution in [0, 0.1) is 13.8 Å². The van der Waals surface area contributed by atoms with E-state index in [-0.39, 0.29) is 6.03 Å². The number of aromatic nitrogens is 4. The van der Waals surface area contributed by atoms with Crippen LogP contribution in [0.2, 0.25) is 0 Å². The molecule has 2 heterocycles. The van der Waals surface area contributed by atoms with Gasteiger partial charge in [-0.25, -0.2) is 4.79 Å². The van der Waals surface area contributed by atoms with Gasteiger partial charge in [-0.3, -0.25) is 10.00 Å². The number of nitrogens with zero attached hydrogens (tertiary/aromatic N) is 4. The van der Waals surface area contributed by atoms with Crippen LogP contribution >= 0.6 is 11.3 Å². The molecule has 0 saturated carbocycles. The number of amides is 2. The Morgan fingerprint density at radius 2 is 2.04 bits per heavy atom. The van der Waals surface area contributed by atoms with Crippen LogP contribution in [0.15, 0.2) is 0 Å². The van der Waals surface area contributed by atoms with Gasteiger partial charge in [0, 0.05) is 31.8 Å². The minimum absolute atomic E-state index is 0.273. The van der Waals surface area contributed by atoms with Crippen LogP contribution in [-0.2, 0) is 24.1 Å². The smallest absolute Gasteiger partial charge is 0.321 e. The molecule has 2 N–H and O–H groups in total. The van der Waals surface area contributed by atoms with E-state index in [0.717, 1.165) is 29.4 Å². The number of carbonyl (C=O) groups excluding carboxylic acids is 1. The van der Waals surface area contributed by atoms with Gasteiger partial charge in [0.15, 0.2) is 0 Å². The molecule has 0 spiro atoms. The molecule has 9 heteroatoms. The summed E-state index contributed by atoms with van der Waals surface area (Å²) in [6.45, 7) is 10.8. The molecule has 0 aliphatic rings. The predicted octanol–water partition coefficient (Wildman–Crippen LogP) is 2.31. The fourth-order valence-electron chi connectivity index (χ4n) is 2.56. The maximum atomic E-state index is 12.0. The molecule has 0 aromatic carbocycles. The number of hydrogen-bond donors (Lipinski definition) is 2. The van der Waals surface area contributed by atoms with Gasteiger partial charge in [-0.05, 0) is 39.7 Å². The van der Waals surface area contributed by atoms with Crippen molar-refractivity contribution >= 4 is 22.5 Å². The number of nitrogens with one attached hydrogen (secondary N) is 2. The van der Waals surface area contributed by atoms with Crippen LogP contribution in [0.3, 0.4) is 0 Å². The number of carbonyl (C=O) groups is 1. The van der Waals surface area contributed by atoms with Crippen LogP contribution in [0.4, 0.5) is 9.93 Å². The number of hydrogen-bond acceptors (Lipinski definition) is 6. The van der Waals surface area contributed by atoms with E-state index in [1.54, 1.807) is 0 Å². The maximum Gasteiger partial charge on any atom is 0.321 e. The molecule has 8 nitrogen and oxygen atoms in total. The van der Waals surface area contributed by atoms with E-state index in [4.69, 9.17) is 4.74 Å². The average molecular weight is 366 g/mol. The lowest BCUT2D eigenvalue weighted by Gasteiger charge is -2.06. The molecule has 0 bridgehead atoms. The van der Waals surface area contributed by atoms with E-state index in [1.165, 1.54) is 16.9 Å². The SMILES string of the molecule is CCOCCc1nnc(NC(=O)NCCc2c(C)nn(CC)c2C)s1. The standard InChI is InChI=1S/C16H26N6O2S/c1-5-22-12(4)13(11(3)21-22)7-9-17-15(23)18-16-20-19-14(25-16)8-10-24-6-2/h5-10H2,1-4H3,(H2,17,18,20,23). The lowest BCUT2D eigenvalue weighted by molar-refractivity contribution is 0.150. The van der Waals surface area contributed by atoms with Crippen molar-refractivity contribution in [1.29, 1.82) is 0 Å². The summed E-state index contributed by atoms with van der Waals surface area (Å²) in [5, 5.41) is 19.4. The fraction of sp³-hybridized carbons (Fsp3) is 0.625. The summed E-state index contributed by atoms with van der Waals surface area (Å²) in [4.78, 5) is 12.0. The zero-order valence-electron chi connectivity index (χ0n) is 15.3. The molecule has 0 aliphatic carbocycles. The van der Waals surface area contributed by atoms with Gasteiger partial charge in [0.05, 0.1) is 12.3 Å². The molecule has 2 aromatic heterocycles. The monoisotopic (exact) mass is 366 g/mol. The number of urea groups is 1. The molecule has 0 unspecified atom stereocenters. The highest BCUT2D eigenvalue weighted by Gasteiger charge is 2.11. The van der Waals surface area contributed by atoms with E-state index in [9.17, 15) is 4.79 Å². The summed E-state index contributed by atoms with van der Waals surface area (Å²) in [7, 11) is 0. The normalized spacial score (nSPS) is 10.9. The molecular formula is C16H26N6O2S.